The first kappa shape index (κ1) is 17.4. The van der Waals surface area contributed by atoms with Crippen LogP contribution >= 0.6 is 0 Å². The van der Waals surface area contributed by atoms with E-state index in [0.29, 0.717) is 11.1 Å². The lowest BCUT2D eigenvalue weighted by atomic mass is 10.0. The first-order valence-corrected chi connectivity index (χ1v) is 5.08. The highest BCUT2D eigenvalue weighted by Crippen LogP contribution is 2.24. The van der Waals surface area contributed by atoms with Gasteiger partial charge in [-0.05, 0) is 12.5 Å². The third-order valence-electron chi connectivity index (χ3n) is 1.53. The van der Waals surface area contributed by atoms with Gasteiger partial charge in [-0.2, -0.15) is 13.2 Å². The van der Waals surface area contributed by atoms with Crippen LogP contribution in [0.3, 0.4) is 0 Å². The lowest BCUT2D eigenvalue weighted by Gasteiger charge is -2.15. The van der Waals surface area contributed by atoms with Gasteiger partial charge in [-0.1, -0.05) is 44.7 Å². The Hall–Kier alpha value is -1.03. The van der Waals surface area contributed by atoms with E-state index in [9.17, 15) is 13.2 Å². The molecule has 2 N–H and O–H groups in total. The first-order chi connectivity index (χ1) is 7.26. The number of hydrogen-bond acceptors (Lipinski definition) is 1. The van der Waals surface area contributed by atoms with Crippen LogP contribution < -0.4 is 5.73 Å². The minimum Gasteiger partial charge on any atom is -0.324 e. The summed E-state index contributed by atoms with van der Waals surface area (Å²) in [6.45, 7) is 12.7. The second-order valence-electron chi connectivity index (χ2n) is 3.12. The van der Waals surface area contributed by atoms with Crippen molar-refractivity contribution in [2.24, 2.45) is 5.73 Å². The zero-order chi connectivity index (χ0) is 13.4. The molecule has 1 nitrogen and oxygen atoms in total. The van der Waals surface area contributed by atoms with E-state index in [2.05, 4.69) is 13.2 Å². The van der Waals surface area contributed by atoms with E-state index >= 15 is 0 Å². The molecule has 0 aromatic rings. The molecule has 0 aromatic heterocycles. The average molecular weight is 235 g/mol. The lowest BCUT2D eigenvalue weighted by Crippen LogP contribution is -2.28. The Kier molecular flexibility index (Phi) is 8.86. The van der Waals surface area contributed by atoms with Crippen molar-refractivity contribution in [2.45, 2.75) is 39.4 Å². The zero-order valence-corrected chi connectivity index (χ0v) is 10.1. The maximum absolute atomic E-state index is 12.0. The molecule has 4 heteroatoms. The normalized spacial score (nSPS) is 13.6. The molecule has 0 aliphatic carbocycles. The van der Waals surface area contributed by atoms with Gasteiger partial charge in [-0.25, -0.2) is 0 Å². The van der Waals surface area contributed by atoms with Crippen molar-refractivity contribution in [3.63, 3.8) is 0 Å². The third-order valence-corrected chi connectivity index (χ3v) is 1.53. The fourth-order valence-electron chi connectivity index (χ4n) is 0.969. The topological polar surface area (TPSA) is 26.0 Å². The van der Waals surface area contributed by atoms with E-state index in [4.69, 9.17) is 5.73 Å². The fourth-order valence-corrected chi connectivity index (χ4v) is 0.969. The largest absolute Gasteiger partial charge is 0.390 e. The van der Waals surface area contributed by atoms with Gasteiger partial charge in [0.25, 0.3) is 0 Å². The van der Waals surface area contributed by atoms with Gasteiger partial charge in [0, 0.05) is 6.04 Å². The van der Waals surface area contributed by atoms with Crippen LogP contribution in [0.15, 0.2) is 36.5 Å². The van der Waals surface area contributed by atoms with E-state index in [1.165, 1.54) is 12.2 Å². The molecule has 0 aliphatic heterocycles. The van der Waals surface area contributed by atoms with Gasteiger partial charge in [0.05, 0.1) is 6.42 Å². The standard InChI is InChI=1S/C10H14F3N.C2H6/c1-4-8(5-7(2)3)9(14)6-10(11,12)13;1-2/h4-5,9H,1-2,6,14H2,3H3;1-2H3/b8-5+;. The summed E-state index contributed by atoms with van der Waals surface area (Å²) >= 11 is 0. The maximum atomic E-state index is 12.0. The van der Waals surface area contributed by atoms with Crippen LogP contribution in [-0.4, -0.2) is 12.2 Å². The van der Waals surface area contributed by atoms with Crippen LogP contribution in [0.2, 0.25) is 0 Å². The predicted octanol–water partition coefficient (Wildman–Crippen LogP) is 3.98. The summed E-state index contributed by atoms with van der Waals surface area (Å²) in [4.78, 5) is 0. The van der Waals surface area contributed by atoms with E-state index in [0.717, 1.165) is 0 Å². The highest BCUT2D eigenvalue weighted by molar-refractivity contribution is 5.30. The Morgan fingerprint density at radius 1 is 1.38 bits per heavy atom. The molecule has 0 spiro atoms. The minimum atomic E-state index is -4.25. The Morgan fingerprint density at radius 3 is 2.06 bits per heavy atom. The molecular weight excluding hydrogens is 215 g/mol. The van der Waals surface area contributed by atoms with Crippen LogP contribution in [0.1, 0.15) is 27.2 Å². The predicted molar refractivity (Wildman–Crippen MR) is 63.1 cm³/mol. The molecule has 0 saturated heterocycles. The second-order valence-corrected chi connectivity index (χ2v) is 3.12. The molecular formula is C12H20F3N. The van der Waals surface area contributed by atoms with E-state index in [1.54, 1.807) is 6.92 Å². The summed E-state index contributed by atoms with van der Waals surface area (Å²) in [7, 11) is 0. The molecule has 0 heterocycles. The summed E-state index contributed by atoms with van der Waals surface area (Å²) < 4.78 is 35.9. The van der Waals surface area contributed by atoms with Crippen molar-refractivity contribution in [1.29, 1.82) is 0 Å². The number of nitrogens with two attached hydrogens (primary N) is 1. The van der Waals surface area contributed by atoms with Crippen LogP contribution in [0, 0.1) is 0 Å². The van der Waals surface area contributed by atoms with E-state index in [-0.39, 0.29) is 0 Å². The summed E-state index contributed by atoms with van der Waals surface area (Å²) in [5, 5.41) is 0. The molecule has 1 atom stereocenters. The van der Waals surface area contributed by atoms with Crippen molar-refractivity contribution in [1.82, 2.24) is 0 Å². The smallest absolute Gasteiger partial charge is 0.324 e. The molecule has 0 aromatic carbocycles. The van der Waals surface area contributed by atoms with E-state index in [1.807, 2.05) is 13.8 Å². The molecule has 0 saturated carbocycles. The van der Waals surface area contributed by atoms with Crippen molar-refractivity contribution < 1.29 is 13.2 Å². The second kappa shape index (κ2) is 8.16. The zero-order valence-electron chi connectivity index (χ0n) is 10.1. The number of allylic oxidation sites excluding steroid dienone is 2. The van der Waals surface area contributed by atoms with Gasteiger partial charge >= 0.3 is 6.18 Å². The Morgan fingerprint density at radius 2 is 1.81 bits per heavy atom. The molecule has 0 aliphatic rings. The number of halogens is 3. The van der Waals surface area contributed by atoms with E-state index < -0.39 is 18.6 Å². The molecule has 0 rings (SSSR count). The van der Waals surface area contributed by atoms with Crippen molar-refractivity contribution in [2.75, 3.05) is 0 Å². The third kappa shape index (κ3) is 9.52. The molecule has 0 fully saturated rings. The van der Waals surface area contributed by atoms with Crippen LogP contribution in [0.25, 0.3) is 0 Å². The van der Waals surface area contributed by atoms with Gasteiger partial charge in [0.2, 0.25) is 0 Å². The van der Waals surface area contributed by atoms with Gasteiger partial charge in [-0.15, -0.1) is 0 Å². The number of rotatable bonds is 4. The highest BCUT2D eigenvalue weighted by Gasteiger charge is 2.31. The molecule has 0 amide bonds. The van der Waals surface area contributed by atoms with Gasteiger partial charge in [0.15, 0.2) is 0 Å². The quantitative estimate of drug-likeness (QED) is 0.733. The Labute approximate surface area is 95.5 Å². The molecule has 0 radical (unpaired) electrons. The van der Waals surface area contributed by atoms with Crippen molar-refractivity contribution in [3.8, 4) is 0 Å². The molecule has 1 unspecified atom stereocenters. The van der Waals surface area contributed by atoms with Gasteiger partial charge < -0.3 is 5.73 Å². The SMILES string of the molecule is C=C/C(=C\C(=C)C)C(N)CC(F)(F)F.CC. The first-order valence-electron chi connectivity index (χ1n) is 5.08. The summed E-state index contributed by atoms with van der Waals surface area (Å²) in [5.41, 5.74) is 6.37. The average Bonchev–Trinajstić information content (AvgIpc) is 2.14. The van der Waals surface area contributed by atoms with Gasteiger partial charge in [0.1, 0.15) is 0 Å². The number of alkyl halides is 3. The fraction of sp³-hybridized carbons (Fsp3) is 0.500. The van der Waals surface area contributed by atoms with Crippen LogP contribution in [-0.2, 0) is 0 Å². The van der Waals surface area contributed by atoms with Crippen LogP contribution in [0.4, 0.5) is 13.2 Å². The van der Waals surface area contributed by atoms with Crippen molar-refractivity contribution >= 4 is 0 Å². The Balaban J connectivity index is 0. The minimum absolute atomic E-state index is 0.356. The molecule has 16 heavy (non-hydrogen) atoms. The van der Waals surface area contributed by atoms with Gasteiger partial charge in [-0.3, -0.25) is 0 Å². The summed E-state index contributed by atoms with van der Waals surface area (Å²) in [6.07, 6.45) is -2.47. The number of hydrogen-bond donors (Lipinski definition) is 1. The summed E-state index contributed by atoms with van der Waals surface area (Å²) in [6, 6.07) is -1.07. The monoisotopic (exact) mass is 235 g/mol. The lowest BCUT2D eigenvalue weighted by molar-refractivity contribution is -0.136. The highest BCUT2D eigenvalue weighted by atomic mass is 19.4. The maximum Gasteiger partial charge on any atom is 0.390 e. The van der Waals surface area contributed by atoms with Crippen LogP contribution in [0.5, 0.6) is 0 Å². The Bertz CT molecular complexity index is 251. The van der Waals surface area contributed by atoms with Crippen molar-refractivity contribution in [3.05, 3.63) is 36.5 Å². The molecule has 0 bridgehead atoms. The molecule has 94 valence electrons. The summed E-state index contributed by atoms with van der Waals surface area (Å²) in [5.74, 6) is 0.